The lowest BCUT2D eigenvalue weighted by Gasteiger charge is -2.34. The third kappa shape index (κ3) is 3.66. The van der Waals surface area contributed by atoms with E-state index >= 15 is 0 Å². The van der Waals surface area contributed by atoms with Crippen LogP contribution in [0.5, 0.6) is 0 Å². The Morgan fingerprint density at radius 2 is 2.10 bits per heavy atom. The Morgan fingerprint density at radius 1 is 1.35 bits per heavy atom. The molecule has 1 atom stereocenters. The summed E-state index contributed by atoms with van der Waals surface area (Å²) in [5, 5.41) is 0. The fourth-order valence-electron chi connectivity index (χ4n) is 2.80. The van der Waals surface area contributed by atoms with Crippen molar-refractivity contribution in [2.75, 3.05) is 18.0 Å². The van der Waals surface area contributed by atoms with Gasteiger partial charge in [0.15, 0.2) is 0 Å². The van der Waals surface area contributed by atoms with Crippen LogP contribution < -0.4 is 4.90 Å². The van der Waals surface area contributed by atoms with E-state index in [0.29, 0.717) is 5.88 Å². The number of anilines is 1. The van der Waals surface area contributed by atoms with Crippen molar-refractivity contribution < 1.29 is 0 Å². The van der Waals surface area contributed by atoms with Crippen LogP contribution in [0.1, 0.15) is 58.2 Å². The fraction of sp³-hybridized carbons (Fsp3) is 0.706. The van der Waals surface area contributed by atoms with Gasteiger partial charge in [-0.2, -0.15) is 0 Å². The van der Waals surface area contributed by atoms with Crippen LogP contribution in [0.3, 0.4) is 0 Å². The molecular formula is C17H27ClN2. The number of piperidine rings is 1. The molecule has 1 fully saturated rings. The van der Waals surface area contributed by atoms with Gasteiger partial charge in [0.1, 0.15) is 5.82 Å². The maximum absolute atomic E-state index is 6.07. The minimum Gasteiger partial charge on any atom is -0.356 e. The van der Waals surface area contributed by atoms with Gasteiger partial charge in [0, 0.05) is 30.1 Å². The summed E-state index contributed by atoms with van der Waals surface area (Å²) in [5.41, 5.74) is 2.39. The standard InChI is InChI=1S/C17H27ClN2/c1-5-13-7-6-8-20(12-13)16-10-14(11-18)9-15(19-16)17(2,3)4/h9-10,13H,5-8,11-12H2,1-4H3. The second-order valence-electron chi connectivity index (χ2n) is 6.96. The molecule has 0 aliphatic carbocycles. The molecule has 20 heavy (non-hydrogen) atoms. The fourth-order valence-corrected chi connectivity index (χ4v) is 2.96. The van der Waals surface area contributed by atoms with Gasteiger partial charge in [-0.05, 0) is 36.5 Å². The van der Waals surface area contributed by atoms with Gasteiger partial charge in [-0.25, -0.2) is 4.98 Å². The lowest BCUT2D eigenvalue weighted by molar-refractivity contribution is 0.402. The van der Waals surface area contributed by atoms with Crippen molar-refractivity contribution in [3.63, 3.8) is 0 Å². The molecule has 1 aromatic rings. The second-order valence-corrected chi connectivity index (χ2v) is 7.23. The molecule has 0 radical (unpaired) electrons. The van der Waals surface area contributed by atoms with Gasteiger partial charge in [0.25, 0.3) is 0 Å². The predicted octanol–water partition coefficient (Wildman–Crippen LogP) is 4.74. The third-order valence-electron chi connectivity index (χ3n) is 4.21. The average molecular weight is 295 g/mol. The topological polar surface area (TPSA) is 16.1 Å². The van der Waals surface area contributed by atoms with Crippen molar-refractivity contribution in [3.05, 3.63) is 23.4 Å². The van der Waals surface area contributed by atoms with Crippen LogP contribution in [0.15, 0.2) is 12.1 Å². The normalized spacial score (nSPS) is 20.2. The van der Waals surface area contributed by atoms with Crippen LogP contribution in [0.4, 0.5) is 5.82 Å². The van der Waals surface area contributed by atoms with Crippen LogP contribution in [0.2, 0.25) is 0 Å². The average Bonchev–Trinajstić information content (AvgIpc) is 2.46. The molecule has 2 nitrogen and oxygen atoms in total. The first kappa shape index (κ1) is 15.6. The third-order valence-corrected chi connectivity index (χ3v) is 4.52. The Kier molecular flexibility index (Phi) is 4.95. The summed E-state index contributed by atoms with van der Waals surface area (Å²) in [5.74, 6) is 2.48. The van der Waals surface area contributed by atoms with Gasteiger partial charge < -0.3 is 4.90 Å². The van der Waals surface area contributed by atoms with Crippen molar-refractivity contribution in [1.29, 1.82) is 0 Å². The van der Waals surface area contributed by atoms with Crippen LogP contribution in [0.25, 0.3) is 0 Å². The van der Waals surface area contributed by atoms with E-state index < -0.39 is 0 Å². The molecule has 1 aliphatic rings. The summed E-state index contributed by atoms with van der Waals surface area (Å²) in [6.45, 7) is 11.2. The van der Waals surface area contributed by atoms with Gasteiger partial charge in [-0.15, -0.1) is 11.6 Å². The molecule has 2 heterocycles. The van der Waals surface area contributed by atoms with Crippen molar-refractivity contribution in [1.82, 2.24) is 4.98 Å². The van der Waals surface area contributed by atoms with Crippen molar-refractivity contribution in [3.8, 4) is 0 Å². The molecule has 1 aromatic heterocycles. The maximum atomic E-state index is 6.07. The molecule has 0 spiro atoms. The molecule has 112 valence electrons. The van der Waals surface area contributed by atoms with Crippen molar-refractivity contribution in [2.45, 2.75) is 58.3 Å². The van der Waals surface area contributed by atoms with Gasteiger partial charge in [-0.3, -0.25) is 0 Å². The van der Waals surface area contributed by atoms with E-state index in [0.717, 1.165) is 30.5 Å². The minimum absolute atomic E-state index is 0.0662. The number of alkyl halides is 1. The van der Waals surface area contributed by atoms with Crippen LogP contribution in [0, 0.1) is 5.92 Å². The van der Waals surface area contributed by atoms with Gasteiger partial charge in [0.05, 0.1) is 0 Å². The molecule has 0 bridgehead atoms. The Balaban J connectivity index is 2.30. The number of rotatable bonds is 3. The molecule has 0 aromatic carbocycles. The predicted molar refractivity (Wildman–Crippen MR) is 87.7 cm³/mol. The summed E-state index contributed by atoms with van der Waals surface area (Å²) in [6, 6.07) is 4.32. The Bertz CT molecular complexity index is 451. The molecule has 2 rings (SSSR count). The van der Waals surface area contributed by atoms with E-state index in [1.165, 1.54) is 24.8 Å². The van der Waals surface area contributed by atoms with Gasteiger partial charge in [-0.1, -0.05) is 34.1 Å². The Morgan fingerprint density at radius 3 is 2.70 bits per heavy atom. The minimum atomic E-state index is 0.0662. The van der Waals surface area contributed by atoms with E-state index in [4.69, 9.17) is 16.6 Å². The zero-order valence-corrected chi connectivity index (χ0v) is 14.0. The van der Waals surface area contributed by atoms with E-state index in [1.807, 2.05) is 0 Å². The highest BCUT2D eigenvalue weighted by Crippen LogP contribution is 2.28. The molecule has 1 aliphatic heterocycles. The number of pyridine rings is 1. The molecule has 0 N–H and O–H groups in total. The van der Waals surface area contributed by atoms with Crippen molar-refractivity contribution >= 4 is 17.4 Å². The van der Waals surface area contributed by atoms with Crippen molar-refractivity contribution in [2.24, 2.45) is 5.92 Å². The quantitative estimate of drug-likeness (QED) is 0.748. The SMILES string of the molecule is CCC1CCCN(c2cc(CCl)cc(C(C)(C)C)n2)C1. The van der Waals surface area contributed by atoms with E-state index in [-0.39, 0.29) is 5.41 Å². The molecule has 1 unspecified atom stereocenters. The summed E-state index contributed by atoms with van der Waals surface area (Å²) in [4.78, 5) is 7.36. The molecule has 3 heteroatoms. The first-order valence-corrected chi connectivity index (χ1v) is 8.30. The largest absolute Gasteiger partial charge is 0.356 e. The first-order chi connectivity index (χ1) is 9.44. The highest BCUT2D eigenvalue weighted by atomic mass is 35.5. The summed E-state index contributed by atoms with van der Waals surface area (Å²) >= 11 is 6.07. The second kappa shape index (κ2) is 6.34. The Hall–Kier alpha value is -0.760. The highest BCUT2D eigenvalue weighted by Gasteiger charge is 2.22. The van der Waals surface area contributed by atoms with Crippen LogP contribution in [-0.4, -0.2) is 18.1 Å². The van der Waals surface area contributed by atoms with Gasteiger partial charge in [0.2, 0.25) is 0 Å². The molecule has 0 amide bonds. The van der Waals surface area contributed by atoms with E-state index in [9.17, 15) is 0 Å². The smallest absolute Gasteiger partial charge is 0.129 e. The molecular weight excluding hydrogens is 268 g/mol. The number of hydrogen-bond donors (Lipinski definition) is 0. The highest BCUT2D eigenvalue weighted by molar-refractivity contribution is 6.17. The number of halogens is 1. The zero-order chi connectivity index (χ0) is 14.8. The summed E-state index contributed by atoms with van der Waals surface area (Å²) in [7, 11) is 0. The molecule has 1 saturated heterocycles. The van der Waals surface area contributed by atoms with Crippen LogP contribution in [-0.2, 0) is 11.3 Å². The summed E-state index contributed by atoms with van der Waals surface area (Å²) in [6.07, 6.45) is 3.89. The summed E-state index contributed by atoms with van der Waals surface area (Å²) < 4.78 is 0. The number of aromatic nitrogens is 1. The monoisotopic (exact) mass is 294 g/mol. The number of nitrogens with zero attached hydrogens (tertiary/aromatic N) is 2. The Labute approximate surface area is 128 Å². The van der Waals surface area contributed by atoms with Crippen LogP contribution >= 0.6 is 11.6 Å². The maximum Gasteiger partial charge on any atom is 0.129 e. The van der Waals surface area contributed by atoms with E-state index in [1.54, 1.807) is 0 Å². The molecule has 0 saturated carbocycles. The lowest BCUT2D eigenvalue weighted by atomic mass is 9.90. The number of hydrogen-bond acceptors (Lipinski definition) is 2. The van der Waals surface area contributed by atoms with Gasteiger partial charge >= 0.3 is 0 Å². The lowest BCUT2D eigenvalue weighted by Crippen LogP contribution is -2.36. The first-order valence-electron chi connectivity index (χ1n) is 7.76. The van der Waals surface area contributed by atoms with E-state index in [2.05, 4.69) is 44.7 Å². The zero-order valence-electron chi connectivity index (χ0n) is 13.2.